The van der Waals surface area contributed by atoms with Crippen LogP contribution in [0.5, 0.6) is 5.75 Å². The maximum atomic E-state index is 13.6. The predicted octanol–water partition coefficient (Wildman–Crippen LogP) is 5.43. The van der Waals surface area contributed by atoms with Gasteiger partial charge in [0.15, 0.2) is 0 Å². The van der Waals surface area contributed by atoms with Crippen molar-refractivity contribution < 1.29 is 14.3 Å². The zero-order valence-electron chi connectivity index (χ0n) is 20.8. The van der Waals surface area contributed by atoms with E-state index in [1.165, 1.54) is 0 Å². The number of likely N-dealkylation sites (tertiary alicyclic amines) is 2. The molecule has 3 aromatic carbocycles. The van der Waals surface area contributed by atoms with Crippen LogP contribution in [0.3, 0.4) is 0 Å². The Morgan fingerprint density at radius 3 is 2.17 bits per heavy atom. The molecule has 0 bridgehead atoms. The number of nitrogens with zero attached hydrogens (tertiary/aromatic N) is 2. The highest BCUT2D eigenvalue weighted by atomic mass is 16.5. The molecule has 1 saturated carbocycles. The molecule has 6 rings (SSSR count). The molecule has 3 fully saturated rings. The Balaban J connectivity index is 1.08. The van der Waals surface area contributed by atoms with E-state index >= 15 is 0 Å². The summed E-state index contributed by atoms with van der Waals surface area (Å²) in [6, 6.07) is 22.1. The lowest BCUT2D eigenvalue weighted by atomic mass is 9.78. The zero-order valence-corrected chi connectivity index (χ0v) is 20.8. The van der Waals surface area contributed by atoms with Gasteiger partial charge in [-0.15, -0.1) is 0 Å². The number of anilines is 1. The van der Waals surface area contributed by atoms with Gasteiger partial charge in [0.2, 0.25) is 5.91 Å². The van der Waals surface area contributed by atoms with Gasteiger partial charge in [-0.25, -0.2) is 4.79 Å². The van der Waals surface area contributed by atoms with Gasteiger partial charge in [0.1, 0.15) is 5.75 Å². The summed E-state index contributed by atoms with van der Waals surface area (Å²) in [5.74, 6) is 1.10. The lowest BCUT2D eigenvalue weighted by Gasteiger charge is -2.39. The molecule has 2 aliphatic heterocycles. The molecule has 0 aromatic heterocycles. The molecular formula is C30H33N3O3. The highest BCUT2D eigenvalue weighted by Crippen LogP contribution is 2.52. The molecule has 186 valence electrons. The molecule has 0 radical (unpaired) electrons. The van der Waals surface area contributed by atoms with Crippen molar-refractivity contribution in [3.63, 3.8) is 0 Å². The Hall–Kier alpha value is -3.54. The van der Waals surface area contributed by atoms with E-state index in [0.717, 1.165) is 86.1 Å². The number of ether oxygens (including phenoxy) is 1. The second-order valence-corrected chi connectivity index (χ2v) is 10.7. The van der Waals surface area contributed by atoms with Crippen LogP contribution in [0.1, 0.15) is 37.7 Å². The third-order valence-electron chi connectivity index (χ3n) is 8.67. The average Bonchev–Trinajstić information content (AvgIpc) is 3.64. The number of hydrogen-bond acceptors (Lipinski definition) is 3. The number of carbonyl (C=O) groups is 2. The molecular weight excluding hydrogens is 450 g/mol. The van der Waals surface area contributed by atoms with Crippen molar-refractivity contribution in [2.75, 3.05) is 38.6 Å². The zero-order chi connectivity index (χ0) is 24.8. The van der Waals surface area contributed by atoms with E-state index in [1.54, 1.807) is 7.11 Å². The highest BCUT2D eigenvalue weighted by Gasteiger charge is 2.55. The fourth-order valence-electron chi connectivity index (χ4n) is 6.19. The summed E-state index contributed by atoms with van der Waals surface area (Å²) in [7, 11) is 1.66. The number of methoxy groups -OCH3 is 1. The predicted molar refractivity (Wildman–Crippen MR) is 141 cm³/mol. The Morgan fingerprint density at radius 2 is 1.47 bits per heavy atom. The van der Waals surface area contributed by atoms with Crippen LogP contribution in [-0.4, -0.2) is 55.0 Å². The molecule has 36 heavy (non-hydrogen) atoms. The first-order chi connectivity index (χ1) is 17.5. The van der Waals surface area contributed by atoms with Crippen molar-refractivity contribution in [2.24, 2.45) is 5.41 Å². The summed E-state index contributed by atoms with van der Waals surface area (Å²) < 4.78 is 5.29. The molecule has 0 unspecified atom stereocenters. The minimum Gasteiger partial charge on any atom is -0.497 e. The molecule has 1 N–H and O–H groups in total. The second-order valence-electron chi connectivity index (χ2n) is 10.7. The lowest BCUT2D eigenvalue weighted by Crippen LogP contribution is -2.46. The molecule has 6 heteroatoms. The van der Waals surface area contributed by atoms with Gasteiger partial charge < -0.3 is 19.9 Å². The molecule has 1 spiro atoms. The van der Waals surface area contributed by atoms with Crippen molar-refractivity contribution in [1.29, 1.82) is 0 Å². The topological polar surface area (TPSA) is 61.9 Å². The maximum Gasteiger partial charge on any atom is 0.321 e. The maximum absolute atomic E-state index is 13.6. The molecule has 3 amide bonds. The van der Waals surface area contributed by atoms with Gasteiger partial charge in [-0.05, 0) is 66.7 Å². The van der Waals surface area contributed by atoms with Crippen LogP contribution < -0.4 is 10.1 Å². The van der Waals surface area contributed by atoms with Crippen molar-refractivity contribution >= 4 is 28.4 Å². The minimum absolute atomic E-state index is 0.0384. The first kappa shape index (κ1) is 22.9. The largest absolute Gasteiger partial charge is 0.497 e. The first-order valence-electron chi connectivity index (χ1n) is 13.0. The molecule has 3 aliphatic rings. The number of hydrogen-bond donors (Lipinski definition) is 1. The molecule has 1 aliphatic carbocycles. The Kier molecular flexibility index (Phi) is 5.62. The highest BCUT2D eigenvalue weighted by molar-refractivity contribution is 6.01. The first-order valence-corrected chi connectivity index (χ1v) is 13.0. The van der Waals surface area contributed by atoms with Gasteiger partial charge in [0, 0.05) is 31.6 Å². The lowest BCUT2D eigenvalue weighted by molar-refractivity contribution is -0.133. The summed E-state index contributed by atoms with van der Waals surface area (Å²) in [6.45, 7) is 3.08. The van der Waals surface area contributed by atoms with Crippen LogP contribution in [0.25, 0.3) is 10.8 Å². The van der Waals surface area contributed by atoms with Crippen molar-refractivity contribution in [2.45, 2.75) is 37.5 Å². The summed E-state index contributed by atoms with van der Waals surface area (Å²) in [5, 5.41) is 5.30. The van der Waals surface area contributed by atoms with Gasteiger partial charge in [0.05, 0.1) is 18.2 Å². The summed E-state index contributed by atoms with van der Waals surface area (Å²) in [6.07, 6.45) is 4.74. The van der Waals surface area contributed by atoms with Gasteiger partial charge in [-0.1, -0.05) is 48.5 Å². The third-order valence-corrected chi connectivity index (χ3v) is 8.67. The number of amides is 3. The van der Waals surface area contributed by atoms with E-state index in [1.807, 2.05) is 59.5 Å². The van der Waals surface area contributed by atoms with Gasteiger partial charge in [-0.2, -0.15) is 0 Å². The molecule has 0 atom stereocenters. The van der Waals surface area contributed by atoms with Crippen LogP contribution in [-0.2, 0) is 10.2 Å². The average molecular weight is 484 g/mol. The number of piperidine rings is 1. The van der Waals surface area contributed by atoms with Crippen molar-refractivity contribution in [3.8, 4) is 5.75 Å². The van der Waals surface area contributed by atoms with Crippen LogP contribution >= 0.6 is 0 Å². The van der Waals surface area contributed by atoms with Gasteiger partial charge in [-0.3, -0.25) is 4.79 Å². The fraction of sp³-hybridized carbons (Fsp3) is 0.400. The Bertz CT molecular complexity index is 1290. The van der Waals surface area contributed by atoms with Crippen LogP contribution in [0.15, 0.2) is 66.7 Å². The number of nitrogens with one attached hydrogen (secondary N) is 1. The number of urea groups is 1. The Labute approximate surface area is 212 Å². The standard InChI is InChI=1S/C30H33N3O3/c1-36-24-11-9-23(10-12-24)30(13-14-30)27(34)33-20-17-29(21-33)15-18-32(19-16-29)28(35)31-26-8-4-6-22-5-2-3-7-25(22)26/h2-12H,13-21H2,1H3,(H,31,35). The van der Waals surface area contributed by atoms with E-state index in [9.17, 15) is 9.59 Å². The van der Waals surface area contributed by atoms with Crippen molar-refractivity contribution in [1.82, 2.24) is 9.80 Å². The summed E-state index contributed by atoms with van der Waals surface area (Å²) >= 11 is 0. The fourth-order valence-corrected chi connectivity index (χ4v) is 6.19. The smallest absolute Gasteiger partial charge is 0.321 e. The molecule has 2 heterocycles. The summed E-state index contributed by atoms with van der Waals surface area (Å²) in [4.78, 5) is 30.7. The van der Waals surface area contributed by atoms with E-state index in [2.05, 4.69) is 22.3 Å². The van der Waals surface area contributed by atoms with Gasteiger partial charge >= 0.3 is 6.03 Å². The number of carbonyl (C=O) groups excluding carboxylic acids is 2. The molecule has 3 aromatic rings. The van der Waals surface area contributed by atoms with E-state index in [0.29, 0.717) is 0 Å². The third kappa shape index (κ3) is 3.98. The number of benzene rings is 3. The van der Waals surface area contributed by atoms with Gasteiger partial charge in [0.25, 0.3) is 0 Å². The monoisotopic (exact) mass is 483 g/mol. The van der Waals surface area contributed by atoms with Crippen LogP contribution in [0.2, 0.25) is 0 Å². The van der Waals surface area contributed by atoms with Crippen LogP contribution in [0.4, 0.5) is 10.5 Å². The molecule has 2 saturated heterocycles. The SMILES string of the molecule is COc1ccc(C2(C(=O)N3CCC4(CCN(C(=O)Nc5cccc6ccccc56)CC4)C3)CC2)cc1. The second kappa shape index (κ2) is 8.84. The van der Waals surface area contributed by atoms with Crippen molar-refractivity contribution in [3.05, 3.63) is 72.3 Å². The van der Waals surface area contributed by atoms with Crippen LogP contribution in [0, 0.1) is 5.41 Å². The molecule has 6 nitrogen and oxygen atoms in total. The summed E-state index contributed by atoms with van der Waals surface area (Å²) in [5.41, 5.74) is 1.73. The van der Waals surface area contributed by atoms with E-state index < -0.39 is 0 Å². The normalized spacial score (nSPS) is 19.9. The quantitative estimate of drug-likeness (QED) is 0.539. The van der Waals surface area contributed by atoms with E-state index in [-0.39, 0.29) is 22.8 Å². The number of rotatable bonds is 4. The Morgan fingerprint density at radius 1 is 0.806 bits per heavy atom. The van der Waals surface area contributed by atoms with E-state index in [4.69, 9.17) is 4.74 Å². The number of fused-ring (bicyclic) bond motifs is 1. The minimum atomic E-state index is -0.350.